The van der Waals surface area contributed by atoms with Crippen molar-refractivity contribution in [3.05, 3.63) is 69.6 Å². The van der Waals surface area contributed by atoms with Crippen LogP contribution in [0.5, 0.6) is 0 Å². The van der Waals surface area contributed by atoms with E-state index in [1.165, 1.54) is 5.56 Å². The van der Waals surface area contributed by atoms with Crippen LogP contribution in [0.3, 0.4) is 0 Å². The second-order valence-corrected chi connectivity index (χ2v) is 7.80. The number of carbonyl (C=O) groups excluding carboxylic acids is 1. The highest BCUT2D eigenvalue weighted by Gasteiger charge is 2.33. The number of hydrogen-bond donors (Lipinski definition) is 2. The van der Waals surface area contributed by atoms with E-state index in [2.05, 4.69) is 27.5 Å². The van der Waals surface area contributed by atoms with E-state index in [1.54, 1.807) is 27.8 Å². The molecule has 6 nitrogen and oxygen atoms in total. The number of rotatable bonds is 5. The van der Waals surface area contributed by atoms with Crippen molar-refractivity contribution in [2.24, 2.45) is 5.73 Å². The van der Waals surface area contributed by atoms with Crippen molar-refractivity contribution in [2.75, 3.05) is 5.32 Å². The fourth-order valence-corrected chi connectivity index (χ4v) is 4.55. The van der Waals surface area contributed by atoms with Gasteiger partial charge in [0, 0.05) is 16.3 Å². The lowest BCUT2D eigenvalue weighted by atomic mass is 10.0. The smallest absolute Gasteiger partial charge is 0.248 e. The quantitative estimate of drug-likeness (QED) is 0.660. The Balaban J connectivity index is 1.67. The molecule has 3 aromatic rings. The zero-order valence-electron chi connectivity index (χ0n) is 14.0. The molecule has 0 saturated heterocycles. The molecule has 4 rings (SSSR count). The minimum Gasteiger partial charge on any atom is -0.366 e. The van der Waals surface area contributed by atoms with Crippen molar-refractivity contribution in [3.8, 4) is 0 Å². The molecular formula is C18H17N5OS2. The first-order valence-corrected chi connectivity index (χ1v) is 9.94. The number of fused-ring (bicyclic) bond motifs is 1. The van der Waals surface area contributed by atoms with Gasteiger partial charge in [0.05, 0.1) is 5.57 Å². The Bertz CT molecular complexity index is 963. The molecular weight excluding hydrogens is 366 g/mol. The van der Waals surface area contributed by atoms with Crippen LogP contribution in [0.4, 0.5) is 5.95 Å². The average molecular weight is 384 g/mol. The van der Waals surface area contributed by atoms with Gasteiger partial charge in [-0.1, -0.05) is 48.2 Å². The molecule has 0 spiro atoms. The van der Waals surface area contributed by atoms with Crippen LogP contribution in [0, 0.1) is 0 Å². The third-order valence-corrected chi connectivity index (χ3v) is 5.96. The molecule has 0 radical (unpaired) electrons. The maximum Gasteiger partial charge on any atom is 0.248 e. The van der Waals surface area contributed by atoms with Crippen molar-refractivity contribution in [3.63, 3.8) is 0 Å². The first kappa shape index (κ1) is 16.9. The lowest BCUT2D eigenvalue weighted by Crippen LogP contribution is -2.31. The van der Waals surface area contributed by atoms with E-state index < -0.39 is 5.91 Å². The van der Waals surface area contributed by atoms with Crippen LogP contribution in [0.2, 0.25) is 0 Å². The van der Waals surface area contributed by atoms with Crippen molar-refractivity contribution in [1.82, 2.24) is 14.8 Å². The van der Waals surface area contributed by atoms with Crippen LogP contribution in [0.1, 0.15) is 23.4 Å². The van der Waals surface area contributed by atoms with Crippen LogP contribution in [-0.4, -0.2) is 20.7 Å². The fourth-order valence-electron chi connectivity index (χ4n) is 2.94. The molecule has 2 aromatic heterocycles. The third kappa shape index (κ3) is 3.13. The third-order valence-electron chi connectivity index (χ3n) is 4.12. The molecule has 8 heteroatoms. The van der Waals surface area contributed by atoms with Crippen molar-refractivity contribution in [1.29, 1.82) is 0 Å². The normalized spacial score (nSPS) is 16.3. The Hall–Kier alpha value is -2.58. The van der Waals surface area contributed by atoms with E-state index in [1.807, 2.05) is 42.6 Å². The predicted molar refractivity (Wildman–Crippen MR) is 104 cm³/mol. The first-order valence-electron chi connectivity index (χ1n) is 8.07. The molecule has 26 heavy (non-hydrogen) atoms. The van der Waals surface area contributed by atoms with Gasteiger partial charge < -0.3 is 11.1 Å². The molecule has 0 saturated carbocycles. The van der Waals surface area contributed by atoms with Gasteiger partial charge in [-0.25, -0.2) is 4.68 Å². The molecule has 0 bridgehead atoms. The summed E-state index contributed by atoms with van der Waals surface area (Å²) in [4.78, 5) is 17.7. The molecule has 3 heterocycles. The summed E-state index contributed by atoms with van der Waals surface area (Å²) in [5.74, 6) is 0.956. The van der Waals surface area contributed by atoms with Crippen LogP contribution in [0.25, 0.3) is 0 Å². The molecule has 1 atom stereocenters. The number of amides is 1. The van der Waals surface area contributed by atoms with Gasteiger partial charge in [0.1, 0.15) is 6.04 Å². The number of carbonyl (C=O) groups is 1. The van der Waals surface area contributed by atoms with Gasteiger partial charge in [0.2, 0.25) is 17.0 Å². The van der Waals surface area contributed by atoms with Gasteiger partial charge >= 0.3 is 0 Å². The van der Waals surface area contributed by atoms with E-state index in [0.717, 1.165) is 16.3 Å². The Morgan fingerprint density at radius 1 is 1.31 bits per heavy atom. The highest BCUT2D eigenvalue weighted by atomic mass is 32.2. The van der Waals surface area contributed by atoms with E-state index in [9.17, 15) is 4.79 Å². The molecule has 1 aliphatic heterocycles. The summed E-state index contributed by atoms with van der Waals surface area (Å²) in [6.45, 7) is 1.84. The lowest BCUT2D eigenvalue weighted by molar-refractivity contribution is -0.115. The summed E-state index contributed by atoms with van der Waals surface area (Å²) in [7, 11) is 0. The molecule has 0 fully saturated rings. The second kappa shape index (κ2) is 6.97. The average Bonchev–Trinajstić information content (AvgIpc) is 3.29. The molecule has 132 valence electrons. The van der Waals surface area contributed by atoms with E-state index in [-0.39, 0.29) is 6.04 Å². The summed E-state index contributed by atoms with van der Waals surface area (Å²) >= 11 is 3.13. The predicted octanol–water partition coefficient (Wildman–Crippen LogP) is 3.41. The number of primary amides is 1. The lowest BCUT2D eigenvalue weighted by Gasteiger charge is -2.26. The summed E-state index contributed by atoms with van der Waals surface area (Å²) in [5.41, 5.74) is 8.10. The fraction of sp³-hybridized carbons (Fsp3) is 0.167. The van der Waals surface area contributed by atoms with Crippen molar-refractivity contribution in [2.45, 2.75) is 23.9 Å². The number of anilines is 1. The summed E-state index contributed by atoms with van der Waals surface area (Å²) in [6.07, 6.45) is 0. The minimum atomic E-state index is -0.451. The number of hydrogen-bond acceptors (Lipinski definition) is 6. The summed E-state index contributed by atoms with van der Waals surface area (Å²) in [6, 6.07) is 13.8. The second-order valence-electron chi connectivity index (χ2n) is 5.88. The van der Waals surface area contributed by atoms with Gasteiger partial charge in [0.15, 0.2) is 0 Å². The Kier molecular flexibility index (Phi) is 4.52. The van der Waals surface area contributed by atoms with Gasteiger partial charge in [-0.05, 0) is 23.9 Å². The Morgan fingerprint density at radius 2 is 2.12 bits per heavy atom. The SMILES string of the molecule is CC1=C(C(N)=O)[C@@H](c2cccs2)n2nc(SCc3ccccc3)nc2N1. The zero-order valence-corrected chi connectivity index (χ0v) is 15.7. The molecule has 0 aliphatic carbocycles. The number of benzene rings is 1. The number of nitrogens with one attached hydrogen (secondary N) is 1. The number of thioether (sulfide) groups is 1. The number of nitrogens with two attached hydrogens (primary N) is 1. The first-order chi connectivity index (χ1) is 12.6. The molecule has 0 unspecified atom stereocenters. The molecule has 1 amide bonds. The van der Waals surface area contributed by atoms with Crippen LogP contribution < -0.4 is 11.1 Å². The highest BCUT2D eigenvalue weighted by Crippen LogP contribution is 2.37. The van der Waals surface area contributed by atoms with E-state index >= 15 is 0 Å². The van der Waals surface area contributed by atoms with Crippen molar-refractivity contribution >= 4 is 35.0 Å². The highest BCUT2D eigenvalue weighted by molar-refractivity contribution is 7.98. The number of nitrogens with zero attached hydrogens (tertiary/aromatic N) is 3. The van der Waals surface area contributed by atoms with E-state index in [0.29, 0.717) is 16.7 Å². The largest absolute Gasteiger partial charge is 0.366 e. The molecule has 1 aliphatic rings. The van der Waals surface area contributed by atoms with Crippen LogP contribution in [0.15, 0.2) is 64.3 Å². The maximum atomic E-state index is 12.1. The Labute approximate surface area is 159 Å². The number of thiophene rings is 1. The monoisotopic (exact) mass is 383 g/mol. The van der Waals surface area contributed by atoms with E-state index in [4.69, 9.17) is 5.73 Å². The van der Waals surface area contributed by atoms with Crippen molar-refractivity contribution < 1.29 is 4.79 Å². The maximum absolute atomic E-state index is 12.1. The zero-order chi connectivity index (χ0) is 18.1. The minimum absolute atomic E-state index is 0.345. The molecule has 1 aromatic carbocycles. The standard InChI is InChI=1S/C18H17N5OS2/c1-11-14(16(19)24)15(13-8-5-9-25-13)23-17(20-11)21-18(22-23)26-10-12-6-3-2-4-7-12/h2-9,15H,10H2,1H3,(H2,19,24)(H,20,21,22)/t15-/m1/s1. The van der Waals surface area contributed by atoms with Gasteiger partial charge in [-0.2, -0.15) is 4.98 Å². The molecule has 3 N–H and O–H groups in total. The van der Waals surface area contributed by atoms with Crippen LogP contribution in [-0.2, 0) is 10.5 Å². The van der Waals surface area contributed by atoms with Gasteiger partial charge in [-0.3, -0.25) is 4.79 Å². The van der Waals surface area contributed by atoms with Gasteiger partial charge in [-0.15, -0.1) is 16.4 Å². The topological polar surface area (TPSA) is 85.8 Å². The van der Waals surface area contributed by atoms with Crippen LogP contribution >= 0.6 is 23.1 Å². The summed E-state index contributed by atoms with van der Waals surface area (Å²) in [5, 5.41) is 10.4. The number of aromatic nitrogens is 3. The summed E-state index contributed by atoms with van der Waals surface area (Å²) < 4.78 is 1.76. The number of allylic oxidation sites excluding steroid dienone is 1. The van der Waals surface area contributed by atoms with Gasteiger partial charge in [0.25, 0.3) is 0 Å². The Morgan fingerprint density at radius 3 is 2.81 bits per heavy atom.